The number of carbonyl (C=O) groups excluding carboxylic acids is 1. The van der Waals surface area contributed by atoms with Crippen molar-refractivity contribution in [3.63, 3.8) is 0 Å². The van der Waals surface area contributed by atoms with Crippen molar-refractivity contribution in [2.24, 2.45) is 0 Å². The van der Waals surface area contributed by atoms with Crippen molar-refractivity contribution < 1.29 is 4.79 Å². The van der Waals surface area contributed by atoms with Crippen LogP contribution >= 0.6 is 23.2 Å². The van der Waals surface area contributed by atoms with Crippen LogP contribution in [-0.2, 0) is 0 Å². The summed E-state index contributed by atoms with van der Waals surface area (Å²) >= 11 is 12.1. The first-order valence-corrected chi connectivity index (χ1v) is 8.10. The quantitative estimate of drug-likeness (QED) is 0.911. The van der Waals surface area contributed by atoms with Crippen LogP contribution in [0.25, 0.3) is 0 Å². The van der Waals surface area contributed by atoms with Gasteiger partial charge < -0.3 is 20.0 Å². The van der Waals surface area contributed by atoms with Gasteiger partial charge in [0.05, 0.1) is 0 Å². The Hall–Kier alpha value is -1.17. The molecule has 0 aliphatic carbocycles. The van der Waals surface area contributed by atoms with Gasteiger partial charge in [-0.3, -0.25) is 0 Å². The molecule has 2 amide bonds. The van der Waals surface area contributed by atoms with Crippen LogP contribution in [0.4, 0.5) is 10.5 Å². The predicted octanol–water partition coefficient (Wildman–Crippen LogP) is 2.39. The number of anilines is 1. The number of hydrogen-bond acceptors (Lipinski definition) is 3. The maximum atomic E-state index is 12.1. The Kier molecular flexibility index (Phi) is 6.17. The molecule has 1 fully saturated rings. The number of rotatable bonds is 4. The lowest BCUT2D eigenvalue weighted by atomic mass is 10.2. The van der Waals surface area contributed by atoms with Crippen LogP contribution in [0.1, 0.15) is 0 Å². The normalized spacial score (nSPS) is 15.3. The number of hydrogen-bond donors (Lipinski definition) is 1. The van der Waals surface area contributed by atoms with Crippen molar-refractivity contribution in [3.8, 4) is 0 Å². The Labute approximate surface area is 141 Å². The molecule has 0 bridgehead atoms. The highest BCUT2D eigenvalue weighted by atomic mass is 35.5. The molecule has 2 rings (SSSR count). The highest BCUT2D eigenvalue weighted by molar-refractivity contribution is 6.35. The summed E-state index contributed by atoms with van der Waals surface area (Å²) in [5.41, 5.74) is 1.00. The molecule has 0 saturated carbocycles. The zero-order valence-corrected chi connectivity index (χ0v) is 14.5. The molecule has 1 N–H and O–H groups in total. The molecule has 0 aromatic heterocycles. The summed E-state index contributed by atoms with van der Waals surface area (Å²) in [6.45, 7) is 4.44. The van der Waals surface area contributed by atoms with Crippen LogP contribution < -0.4 is 10.2 Å². The first-order chi connectivity index (χ1) is 10.5. The molecule has 22 heavy (non-hydrogen) atoms. The van der Waals surface area contributed by atoms with Gasteiger partial charge >= 0.3 is 6.03 Å². The molecule has 1 aromatic rings. The van der Waals surface area contributed by atoms with Crippen LogP contribution in [0.2, 0.25) is 10.0 Å². The zero-order chi connectivity index (χ0) is 16.1. The van der Waals surface area contributed by atoms with Crippen molar-refractivity contribution in [3.05, 3.63) is 28.2 Å². The summed E-state index contributed by atoms with van der Waals surface area (Å²) in [5, 5.41) is 4.20. The van der Waals surface area contributed by atoms with Crippen molar-refractivity contribution in [2.75, 3.05) is 58.3 Å². The molecule has 0 unspecified atom stereocenters. The van der Waals surface area contributed by atoms with Gasteiger partial charge in [-0.2, -0.15) is 0 Å². The van der Waals surface area contributed by atoms with Crippen molar-refractivity contribution in [1.29, 1.82) is 0 Å². The fraction of sp³-hybridized carbons (Fsp3) is 0.533. The van der Waals surface area contributed by atoms with Gasteiger partial charge in [0.25, 0.3) is 0 Å². The minimum atomic E-state index is 0.00521. The van der Waals surface area contributed by atoms with E-state index in [9.17, 15) is 4.79 Å². The van der Waals surface area contributed by atoms with E-state index < -0.39 is 0 Å². The molecule has 1 aromatic carbocycles. The molecular weight excluding hydrogens is 323 g/mol. The fourth-order valence-corrected chi connectivity index (χ4v) is 2.90. The summed E-state index contributed by atoms with van der Waals surface area (Å²) in [4.78, 5) is 18.2. The second-order valence-corrected chi connectivity index (χ2v) is 6.51. The molecule has 1 heterocycles. The summed E-state index contributed by atoms with van der Waals surface area (Å²) in [6.07, 6.45) is 0. The van der Waals surface area contributed by atoms with E-state index in [2.05, 4.69) is 10.2 Å². The summed E-state index contributed by atoms with van der Waals surface area (Å²) in [7, 11) is 3.97. The summed E-state index contributed by atoms with van der Waals surface area (Å²) in [5.74, 6) is 0. The van der Waals surface area contributed by atoms with Gasteiger partial charge in [-0.05, 0) is 32.3 Å². The molecule has 0 radical (unpaired) electrons. The second-order valence-electron chi connectivity index (χ2n) is 5.64. The van der Waals surface area contributed by atoms with E-state index in [-0.39, 0.29) is 6.03 Å². The number of urea groups is 1. The van der Waals surface area contributed by atoms with Crippen molar-refractivity contribution >= 4 is 34.9 Å². The number of nitrogens with zero attached hydrogens (tertiary/aromatic N) is 3. The lowest BCUT2D eigenvalue weighted by Gasteiger charge is -2.36. The Morgan fingerprint density at radius 1 is 1.14 bits per heavy atom. The Balaban J connectivity index is 1.83. The summed E-state index contributed by atoms with van der Waals surface area (Å²) in [6, 6.07) is 5.53. The van der Waals surface area contributed by atoms with Crippen LogP contribution in [0.5, 0.6) is 0 Å². The third-order valence-electron chi connectivity index (χ3n) is 3.61. The molecule has 0 atom stereocenters. The highest BCUT2D eigenvalue weighted by Crippen LogP contribution is 2.26. The van der Waals surface area contributed by atoms with E-state index >= 15 is 0 Å². The maximum absolute atomic E-state index is 12.1. The smallest absolute Gasteiger partial charge is 0.317 e. The average molecular weight is 345 g/mol. The van der Waals surface area contributed by atoms with Gasteiger partial charge in [0.2, 0.25) is 0 Å². The molecule has 7 heteroatoms. The van der Waals surface area contributed by atoms with E-state index in [4.69, 9.17) is 23.2 Å². The molecule has 0 spiro atoms. The van der Waals surface area contributed by atoms with Crippen molar-refractivity contribution in [2.45, 2.75) is 0 Å². The molecule has 122 valence electrons. The lowest BCUT2D eigenvalue weighted by Crippen LogP contribution is -2.52. The predicted molar refractivity (Wildman–Crippen MR) is 92.2 cm³/mol. The van der Waals surface area contributed by atoms with Crippen molar-refractivity contribution in [1.82, 2.24) is 15.1 Å². The van der Waals surface area contributed by atoms with E-state index in [0.717, 1.165) is 25.3 Å². The van der Waals surface area contributed by atoms with Gasteiger partial charge in [-0.25, -0.2) is 4.79 Å². The number of nitrogens with one attached hydrogen (secondary N) is 1. The first-order valence-electron chi connectivity index (χ1n) is 7.34. The van der Waals surface area contributed by atoms with Gasteiger partial charge in [0.15, 0.2) is 0 Å². The van der Waals surface area contributed by atoms with E-state index in [1.54, 1.807) is 6.07 Å². The van der Waals surface area contributed by atoms with Gasteiger partial charge in [0, 0.05) is 55.0 Å². The number of halogens is 2. The van der Waals surface area contributed by atoms with E-state index in [0.29, 0.717) is 29.7 Å². The third kappa shape index (κ3) is 4.93. The van der Waals surface area contributed by atoms with Gasteiger partial charge in [-0.1, -0.05) is 23.2 Å². The molecular formula is C15H22Cl2N4O. The molecule has 1 aliphatic heterocycles. The van der Waals surface area contributed by atoms with Gasteiger partial charge in [-0.15, -0.1) is 0 Å². The number of carbonyl (C=O) groups is 1. The lowest BCUT2D eigenvalue weighted by molar-refractivity contribution is 0.193. The van der Waals surface area contributed by atoms with Crippen LogP contribution in [0, 0.1) is 0 Å². The molecule has 1 saturated heterocycles. The summed E-state index contributed by atoms with van der Waals surface area (Å²) < 4.78 is 0. The number of piperazine rings is 1. The fourth-order valence-electron chi connectivity index (χ4n) is 2.39. The SMILES string of the molecule is CN(C)CCNC(=O)N1CCN(c2cc(Cl)cc(Cl)c2)CC1. The minimum absolute atomic E-state index is 0.00521. The Bertz CT molecular complexity index is 496. The molecule has 1 aliphatic rings. The first kappa shape index (κ1) is 17.2. The Morgan fingerprint density at radius 2 is 1.73 bits per heavy atom. The number of amides is 2. The Morgan fingerprint density at radius 3 is 2.27 bits per heavy atom. The molecule has 5 nitrogen and oxygen atoms in total. The minimum Gasteiger partial charge on any atom is -0.368 e. The third-order valence-corrected chi connectivity index (χ3v) is 4.05. The standard InChI is InChI=1S/C15H22Cl2N4O/c1-19(2)4-3-18-15(22)21-7-5-20(6-8-21)14-10-12(16)9-13(17)11-14/h9-11H,3-8H2,1-2H3,(H,18,22). The van der Waals surface area contributed by atoms with Gasteiger partial charge in [0.1, 0.15) is 0 Å². The highest BCUT2D eigenvalue weighted by Gasteiger charge is 2.21. The van der Waals surface area contributed by atoms with Crippen LogP contribution in [-0.4, -0.2) is 69.2 Å². The van der Waals surface area contributed by atoms with Crippen LogP contribution in [0.3, 0.4) is 0 Å². The van der Waals surface area contributed by atoms with Crippen LogP contribution in [0.15, 0.2) is 18.2 Å². The number of benzene rings is 1. The second kappa shape index (κ2) is 7.90. The van der Waals surface area contributed by atoms with E-state index in [1.807, 2.05) is 36.0 Å². The number of likely N-dealkylation sites (N-methyl/N-ethyl adjacent to an activating group) is 1. The average Bonchev–Trinajstić information content (AvgIpc) is 2.46. The largest absolute Gasteiger partial charge is 0.368 e. The topological polar surface area (TPSA) is 38.8 Å². The maximum Gasteiger partial charge on any atom is 0.317 e. The zero-order valence-electron chi connectivity index (χ0n) is 13.0. The van der Waals surface area contributed by atoms with E-state index in [1.165, 1.54) is 0 Å². The monoisotopic (exact) mass is 344 g/mol.